The Hall–Kier alpha value is -1.86. The number of primary amides is 1. The Bertz CT molecular complexity index is 398. The molecule has 4 N–H and O–H groups in total. The van der Waals surface area contributed by atoms with Gasteiger partial charge in [0.15, 0.2) is 0 Å². The number of nitrogens with zero attached hydrogens (tertiary/aromatic N) is 3. The first-order valence-electron chi connectivity index (χ1n) is 4.45. The zero-order valence-corrected chi connectivity index (χ0v) is 8.27. The van der Waals surface area contributed by atoms with Crippen LogP contribution < -0.4 is 16.3 Å². The van der Waals surface area contributed by atoms with Crippen LogP contribution in [0.4, 0.5) is 5.95 Å². The molecular weight excluding hydrogens is 196 g/mol. The van der Waals surface area contributed by atoms with Gasteiger partial charge < -0.3 is 10.7 Å². The van der Waals surface area contributed by atoms with E-state index in [9.17, 15) is 4.79 Å². The highest BCUT2D eigenvalue weighted by atomic mass is 16.1. The molecule has 0 fully saturated rings. The monoisotopic (exact) mass is 208 g/mol. The zero-order chi connectivity index (χ0) is 10.8. The summed E-state index contributed by atoms with van der Waals surface area (Å²) in [6.45, 7) is 0.805. The summed E-state index contributed by atoms with van der Waals surface area (Å²) in [6, 6.07) is 0. The first-order valence-corrected chi connectivity index (χ1v) is 4.45. The largest absolute Gasteiger partial charge is 0.364 e. The molecule has 0 spiro atoms. The molecule has 2 rings (SSSR count). The highest BCUT2D eigenvalue weighted by Crippen LogP contribution is 2.09. The number of imidazole rings is 1. The van der Waals surface area contributed by atoms with Crippen molar-refractivity contribution in [1.29, 1.82) is 0 Å². The summed E-state index contributed by atoms with van der Waals surface area (Å²) in [5.74, 6) is -0.00491. The van der Waals surface area contributed by atoms with Crippen molar-refractivity contribution in [3.63, 3.8) is 0 Å². The summed E-state index contributed by atoms with van der Waals surface area (Å²) in [5.41, 5.74) is 8.41. The van der Waals surface area contributed by atoms with Crippen molar-refractivity contribution >= 4 is 11.9 Å². The number of carbonyl (C=O) groups excluding carboxylic acids is 1. The van der Waals surface area contributed by atoms with Crippen LogP contribution in [0.3, 0.4) is 0 Å². The number of nitrogens with two attached hydrogens (primary N) is 1. The molecule has 7 nitrogen and oxygen atoms in total. The maximum Gasteiger partial charge on any atom is 0.266 e. The maximum atomic E-state index is 10.8. The molecule has 0 saturated carbocycles. The standard InChI is InChI=1S/C8H12N6O/c1-13-3-2-4-14(12-13)8-10-5-6(11-8)7(9)15/h2,4-5,12H,3H2,1H3,(H2,9,15)(H,10,11). The van der Waals surface area contributed by atoms with E-state index in [0.29, 0.717) is 5.95 Å². The number of hydrogen-bond acceptors (Lipinski definition) is 5. The van der Waals surface area contributed by atoms with E-state index in [1.165, 1.54) is 6.20 Å². The van der Waals surface area contributed by atoms with Gasteiger partial charge in [0.25, 0.3) is 5.91 Å². The third kappa shape index (κ3) is 1.97. The molecule has 0 unspecified atom stereocenters. The number of hydrazine groups is 2. The molecule has 1 aliphatic heterocycles. The molecule has 0 bridgehead atoms. The van der Waals surface area contributed by atoms with Crippen molar-refractivity contribution in [1.82, 2.24) is 20.5 Å². The topological polar surface area (TPSA) is 90.3 Å². The van der Waals surface area contributed by atoms with Crippen LogP contribution in [0.25, 0.3) is 0 Å². The number of aromatic amines is 1. The van der Waals surface area contributed by atoms with Crippen LogP contribution in [0.1, 0.15) is 10.5 Å². The molecular formula is C8H12N6O. The van der Waals surface area contributed by atoms with E-state index in [2.05, 4.69) is 15.5 Å². The van der Waals surface area contributed by atoms with Crippen LogP contribution in [0.2, 0.25) is 0 Å². The van der Waals surface area contributed by atoms with Gasteiger partial charge in [-0.25, -0.2) is 15.0 Å². The van der Waals surface area contributed by atoms with Gasteiger partial charge in [-0.1, -0.05) is 6.08 Å². The molecule has 1 aromatic heterocycles. The zero-order valence-electron chi connectivity index (χ0n) is 8.27. The lowest BCUT2D eigenvalue weighted by Gasteiger charge is -2.28. The van der Waals surface area contributed by atoms with Gasteiger partial charge >= 0.3 is 0 Å². The molecule has 0 radical (unpaired) electrons. The van der Waals surface area contributed by atoms with Crippen molar-refractivity contribution in [2.24, 2.45) is 5.73 Å². The van der Waals surface area contributed by atoms with Gasteiger partial charge in [-0.3, -0.25) is 4.79 Å². The van der Waals surface area contributed by atoms with Crippen LogP contribution in [0.15, 0.2) is 18.5 Å². The van der Waals surface area contributed by atoms with E-state index >= 15 is 0 Å². The molecule has 2 heterocycles. The molecule has 80 valence electrons. The highest BCUT2D eigenvalue weighted by Gasteiger charge is 2.13. The van der Waals surface area contributed by atoms with Crippen molar-refractivity contribution < 1.29 is 4.79 Å². The number of anilines is 1. The van der Waals surface area contributed by atoms with Gasteiger partial charge in [0.2, 0.25) is 5.95 Å². The summed E-state index contributed by atoms with van der Waals surface area (Å²) in [7, 11) is 1.90. The highest BCUT2D eigenvalue weighted by molar-refractivity contribution is 5.90. The average Bonchev–Trinajstić information content (AvgIpc) is 2.66. The van der Waals surface area contributed by atoms with Crippen molar-refractivity contribution in [2.75, 3.05) is 18.6 Å². The number of amides is 1. The van der Waals surface area contributed by atoms with Gasteiger partial charge in [-0.05, 0) is 0 Å². The van der Waals surface area contributed by atoms with E-state index in [-0.39, 0.29) is 5.69 Å². The first kappa shape index (κ1) is 9.69. The minimum Gasteiger partial charge on any atom is -0.364 e. The molecule has 1 amide bonds. The lowest BCUT2D eigenvalue weighted by atomic mass is 10.5. The van der Waals surface area contributed by atoms with Crippen LogP contribution in [-0.4, -0.2) is 34.5 Å². The normalized spacial score (nSPS) is 17.0. The van der Waals surface area contributed by atoms with Crippen molar-refractivity contribution in [3.05, 3.63) is 24.2 Å². The minimum atomic E-state index is -0.525. The molecule has 15 heavy (non-hydrogen) atoms. The van der Waals surface area contributed by atoms with E-state index in [1.807, 2.05) is 24.3 Å². The van der Waals surface area contributed by atoms with E-state index in [1.54, 1.807) is 5.01 Å². The number of hydrogen-bond donors (Lipinski definition) is 3. The fourth-order valence-electron chi connectivity index (χ4n) is 1.25. The summed E-state index contributed by atoms with van der Waals surface area (Å²) >= 11 is 0. The van der Waals surface area contributed by atoms with E-state index in [4.69, 9.17) is 5.73 Å². The quantitative estimate of drug-likeness (QED) is 0.591. The second-order valence-electron chi connectivity index (χ2n) is 3.22. The maximum absolute atomic E-state index is 10.8. The predicted octanol–water partition coefficient (Wildman–Crippen LogP) is -0.806. The number of aromatic nitrogens is 2. The molecule has 7 heteroatoms. The van der Waals surface area contributed by atoms with Crippen molar-refractivity contribution in [3.8, 4) is 0 Å². The van der Waals surface area contributed by atoms with Gasteiger partial charge in [-0.15, -0.1) is 0 Å². The Morgan fingerprint density at radius 2 is 2.47 bits per heavy atom. The van der Waals surface area contributed by atoms with Crippen LogP contribution in [-0.2, 0) is 0 Å². The third-order valence-corrected chi connectivity index (χ3v) is 1.97. The number of rotatable bonds is 2. The number of nitrogens with one attached hydrogen (secondary N) is 2. The van der Waals surface area contributed by atoms with E-state index < -0.39 is 5.91 Å². The summed E-state index contributed by atoms with van der Waals surface area (Å²) in [5, 5.41) is 3.53. The molecule has 0 atom stereocenters. The second kappa shape index (κ2) is 3.71. The lowest BCUT2D eigenvalue weighted by Crippen LogP contribution is -2.48. The van der Waals surface area contributed by atoms with Crippen LogP contribution in [0, 0.1) is 0 Å². The fourth-order valence-corrected chi connectivity index (χ4v) is 1.25. The molecule has 0 aromatic carbocycles. The first-order chi connectivity index (χ1) is 7.16. The predicted molar refractivity (Wildman–Crippen MR) is 54.5 cm³/mol. The van der Waals surface area contributed by atoms with Crippen LogP contribution in [0.5, 0.6) is 0 Å². The van der Waals surface area contributed by atoms with Crippen molar-refractivity contribution in [2.45, 2.75) is 0 Å². The number of H-pyrrole nitrogens is 1. The Morgan fingerprint density at radius 3 is 3.07 bits per heavy atom. The Labute approximate surface area is 86.5 Å². The SMILES string of the molecule is CN1CC=CN(c2ncc(C(N)=O)[nH]2)N1. The van der Waals surface area contributed by atoms with Gasteiger partial charge in [-0.2, -0.15) is 5.53 Å². The second-order valence-corrected chi connectivity index (χ2v) is 3.22. The third-order valence-electron chi connectivity index (χ3n) is 1.97. The Kier molecular flexibility index (Phi) is 2.40. The molecule has 0 aliphatic carbocycles. The van der Waals surface area contributed by atoms with Crippen LogP contribution >= 0.6 is 0 Å². The van der Waals surface area contributed by atoms with Gasteiger partial charge in [0, 0.05) is 19.8 Å². The lowest BCUT2D eigenvalue weighted by molar-refractivity contribution is 0.0996. The summed E-state index contributed by atoms with van der Waals surface area (Å²) in [6.07, 6.45) is 5.19. The van der Waals surface area contributed by atoms with E-state index in [0.717, 1.165) is 6.54 Å². The smallest absolute Gasteiger partial charge is 0.266 e. The van der Waals surface area contributed by atoms with Gasteiger partial charge in [0.05, 0.1) is 6.20 Å². The molecule has 1 aliphatic rings. The van der Waals surface area contributed by atoms with Gasteiger partial charge in [0.1, 0.15) is 5.69 Å². The molecule has 1 aromatic rings. The molecule has 0 saturated heterocycles. The Morgan fingerprint density at radius 1 is 1.67 bits per heavy atom. The summed E-state index contributed by atoms with van der Waals surface area (Å²) < 4.78 is 0. The number of likely N-dealkylation sites (N-methyl/N-ethyl adjacent to an activating group) is 1. The summed E-state index contributed by atoms with van der Waals surface area (Å²) in [4.78, 5) is 17.7. The number of carbonyl (C=O) groups is 1. The Balaban J connectivity index is 2.18. The fraction of sp³-hybridized carbons (Fsp3) is 0.250. The average molecular weight is 208 g/mol. The minimum absolute atomic E-state index is 0.286.